The molecule has 11 aromatic rings. The first-order valence-corrected chi connectivity index (χ1v) is 18.2. The van der Waals surface area contributed by atoms with Gasteiger partial charge in [-0.05, 0) is 64.4 Å². The minimum atomic E-state index is 0.656. The van der Waals surface area contributed by atoms with Gasteiger partial charge < -0.3 is 9.40 Å². The summed E-state index contributed by atoms with van der Waals surface area (Å²) in [5, 5.41) is 6.96. The first-order chi connectivity index (χ1) is 26.7. The Bertz CT molecular complexity index is 3090. The van der Waals surface area contributed by atoms with Crippen molar-refractivity contribution in [1.82, 2.24) is 15.0 Å². The van der Waals surface area contributed by atoms with Crippen molar-refractivity contribution in [2.75, 3.05) is 0 Å². The molecule has 4 heteroatoms. The molecule has 0 aliphatic heterocycles. The number of benzene rings is 8. The third kappa shape index (κ3) is 5.00. The lowest BCUT2D eigenvalue weighted by atomic mass is 9.93. The maximum absolute atomic E-state index is 6.59. The van der Waals surface area contributed by atoms with Crippen LogP contribution in [-0.2, 0) is 0 Å². The number of aromatic amines is 1. The molecule has 0 unspecified atom stereocenters. The second-order valence-corrected chi connectivity index (χ2v) is 13.9. The summed E-state index contributed by atoms with van der Waals surface area (Å²) in [5.41, 5.74) is 12.9. The van der Waals surface area contributed by atoms with E-state index in [0.717, 1.165) is 83.3 Å². The van der Waals surface area contributed by atoms with Crippen LogP contribution in [0.15, 0.2) is 186 Å². The Kier molecular flexibility index (Phi) is 6.82. The van der Waals surface area contributed by atoms with Gasteiger partial charge in [0.1, 0.15) is 11.2 Å². The van der Waals surface area contributed by atoms with E-state index in [-0.39, 0.29) is 0 Å². The van der Waals surface area contributed by atoms with E-state index in [1.165, 1.54) is 21.5 Å². The Morgan fingerprint density at radius 1 is 0.389 bits per heavy atom. The first kappa shape index (κ1) is 30.3. The molecule has 0 atom stereocenters. The van der Waals surface area contributed by atoms with Crippen LogP contribution in [0, 0.1) is 0 Å². The van der Waals surface area contributed by atoms with Crippen molar-refractivity contribution in [3.05, 3.63) is 182 Å². The zero-order valence-corrected chi connectivity index (χ0v) is 29.1. The summed E-state index contributed by atoms with van der Waals surface area (Å²) in [6.07, 6.45) is 0. The smallest absolute Gasteiger partial charge is 0.160 e. The summed E-state index contributed by atoms with van der Waals surface area (Å²) in [6, 6.07) is 63.9. The number of aromatic nitrogens is 3. The molecule has 0 aliphatic carbocycles. The zero-order valence-electron chi connectivity index (χ0n) is 29.1. The van der Waals surface area contributed by atoms with Crippen LogP contribution in [0.1, 0.15) is 0 Å². The van der Waals surface area contributed by atoms with Crippen LogP contribution in [0.5, 0.6) is 0 Å². The predicted octanol–water partition coefficient (Wildman–Crippen LogP) is 13.5. The number of H-pyrrole nitrogens is 1. The molecule has 54 heavy (non-hydrogen) atoms. The van der Waals surface area contributed by atoms with Crippen molar-refractivity contribution < 1.29 is 4.42 Å². The molecule has 0 saturated heterocycles. The summed E-state index contributed by atoms with van der Waals surface area (Å²) in [6.45, 7) is 0. The van der Waals surface area contributed by atoms with E-state index in [1.807, 2.05) is 18.2 Å². The molecule has 3 heterocycles. The van der Waals surface area contributed by atoms with E-state index in [9.17, 15) is 0 Å². The van der Waals surface area contributed by atoms with Gasteiger partial charge in [0, 0.05) is 54.9 Å². The van der Waals surface area contributed by atoms with Gasteiger partial charge in [-0.1, -0.05) is 140 Å². The van der Waals surface area contributed by atoms with Crippen LogP contribution >= 0.6 is 0 Å². The molecule has 0 radical (unpaired) electrons. The van der Waals surface area contributed by atoms with Crippen LogP contribution in [0.25, 0.3) is 111 Å². The highest BCUT2D eigenvalue weighted by atomic mass is 16.3. The van der Waals surface area contributed by atoms with Gasteiger partial charge in [-0.25, -0.2) is 9.97 Å². The van der Waals surface area contributed by atoms with E-state index in [0.29, 0.717) is 5.82 Å². The van der Waals surface area contributed by atoms with Gasteiger partial charge in [0.2, 0.25) is 0 Å². The highest BCUT2D eigenvalue weighted by Gasteiger charge is 2.18. The second kappa shape index (κ2) is 12.1. The summed E-state index contributed by atoms with van der Waals surface area (Å²) < 4.78 is 6.59. The Morgan fingerprint density at radius 2 is 1.04 bits per heavy atom. The fourth-order valence-corrected chi connectivity index (χ4v) is 7.99. The van der Waals surface area contributed by atoms with Crippen LogP contribution < -0.4 is 0 Å². The summed E-state index contributed by atoms with van der Waals surface area (Å²) in [5.74, 6) is 0.656. The maximum atomic E-state index is 6.59. The second-order valence-electron chi connectivity index (χ2n) is 13.9. The molecule has 1 N–H and O–H groups in total. The van der Waals surface area contributed by atoms with Gasteiger partial charge in [0.05, 0.1) is 16.9 Å². The van der Waals surface area contributed by atoms with Crippen molar-refractivity contribution >= 4 is 54.5 Å². The highest BCUT2D eigenvalue weighted by Crippen LogP contribution is 2.41. The third-order valence-electron chi connectivity index (χ3n) is 10.6. The van der Waals surface area contributed by atoms with Crippen molar-refractivity contribution in [3.8, 4) is 56.2 Å². The van der Waals surface area contributed by atoms with Crippen LogP contribution in [0.4, 0.5) is 0 Å². The summed E-state index contributed by atoms with van der Waals surface area (Å²) >= 11 is 0. The molecule has 0 bridgehead atoms. The van der Waals surface area contributed by atoms with E-state index < -0.39 is 0 Å². The largest absolute Gasteiger partial charge is 0.455 e. The minimum Gasteiger partial charge on any atom is -0.455 e. The van der Waals surface area contributed by atoms with E-state index in [2.05, 4.69) is 169 Å². The van der Waals surface area contributed by atoms with Crippen LogP contribution in [0.3, 0.4) is 0 Å². The van der Waals surface area contributed by atoms with Crippen molar-refractivity contribution in [2.24, 2.45) is 0 Å². The molecule has 11 rings (SSSR count). The molecule has 4 nitrogen and oxygen atoms in total. The van der Waals surface area contributed by atoms with Gasteiger partial charge in [0.25, 0.3) is 0 Å². The molecule has 0 amide bonds. The fraction of sp³-hybridized carbons (Fsp3) is 0. The Labute approximate surface area is 311 Å². The lowest BCUT2D eigenvalue weighted by Gasteiger charge is -2.14. The van der Waals surface area contributed by atoms with Crippen LogP contribution in [0.2, 0.25) is 0 Å². The summed E-state index contributed by atoms with van der Waals surface area (Å²) in [4.78, 5) is 14.3. The zero-order chi connectivity index (χ0) is 35.6. The van der Waals surface area contributed by atoms with Gasteiger partial charge >= 0.3 is 0 Å². The minimum absolute atomic E-state index is 0.656. The first-order valence-electron chi connectivity index (χ1n) is 18.2. The topological polar surface area (TPSA) is 54.7 Å². The van der Waals surface area contributed by atoms with Gasteiger partial charge in [-0.3, -0.25) is 0 Å². The average Bonchev–Trinajstić information content (AvgIpc) is 3.82. The van der Waals surface area contributed by atoms with E-state index in [1.54, 1.807) is 0 Å². The molecule has 252 valence electrons. The Morgan fingerprint density at radius 3 is 1.91 bits per heavy atom. The molecular formula is C50H31N3O. The number of nitrogens with zero attached hydrogens (tertiary/aromatic N) is 2. The SMILES string of the molecule is c1ccc(-c2cc(-c3ccc4ccccc4c3)nc(-c3cc(-c4cccc5c4[nH]c4ccccc45)cc(-c4cccc5c4oc4ccccc45)c3)n2)cc1. The normalized spacial score (nSPS) is 11.7. The molecule has 8 aromatic carbocycles. The quantitative estimate of drug-likeness (QED) is 0.196. The number of nitrogens with one attached hydrogen (secondary N) is 1. The molecule has 0 spiro atoms. The van der Waals surface area contributed by atoms with E-state index in [4.69, 9.17) is 14.4 Å². The fourth-order valence-electron chi connectivity index (χ4n) is 7.99. The number of rotatable bonds is 5. The molecule has 0 aliphatic rings. The Balaban J connectivity index is 1.19. The monoisotopic (exact) mass is 689 g/mol. The van der Waals surface area contributed by atoms with Crippen LogP contribution in [-0.4, -0.2) is 15.0 Å². The standard InChI is InChI=1S/C50H31N3O/c1-2-13-32(14-3-1)45-30-46(34-25-24-31-12-4-5-15-33(31)26-34)53-50(52-45)37-28-35(38-18-10-20-42-40-16-6-8-22-44(40)51-48(38)42)27-36(29-37)39-19-11-21-43-41-17-7-9-23-47(41)54-49(39)43/h1-30,51H. The van der Waals surface area contributed by atoms with Crippen molar-refractivity contribution in [1.29, 1.82) is 0 Å². The number of para-hydroxylation sites is 4. The van der Waals surface area contributed by atoms with Crippen molar-refractivity contribution in [3.63, 3.8) is 0 Å². The third-order valence-corrected chi connectivity index (χ3v) is 10.6. The van der Waals surface area contributed by atoms with Gasteiger partial charge in [-0.2, -0.15) is 0 Å². The lowest BCUT2D eigenvalue weighted by molar-refractivity contribution is 0.670. The van der Waals surface area contributed by atoms with E-state index >= 15 is 0 Å². The van der Waals surface area contributed by atoms with Gasteiger partial charge in [0.15, 0.2) is 5.82 Å². The van der Waals surface area contributed by atoms with Crippen molar-refractivity contribution in [2.45, 2.75) is 0 Å². The molecule has 3 aromatic heterocycles. The molecule has 0 saturated carbocycles. The Hall–Kier alpha value is -7.30. The highest BCUT2D eigenvalue weighted by molar-refractivity contribution is 6.13. The maximum Gasteiger partial charge on any atom is 0.160 e. The van der Waals surface area contributed by atoms with Gasteiger partial charge in [-0.15, -0.1) is 0 Å². The number of fused-ring (bicyclic) bond motifs is 7. The average molecular weight is 690 g/mol. The molecular weight excluding hydrogens is 659 g/mol. The lowest BCUT2D eigenvalue weighted by Crippen LogP contribution is -1.97. The number of furan rings is 1. The number of hydrogen-bond acceptors (Lipinski definition) is 3. The number of hydrogen-bond donors (Lipinski definition) is 1. The predicted molar refractivity (Wildman–Crippen MR) is 223 cm³/mol. The summed E-state index contributed by atoms with van der Waals surface area (Å²) in [7, 11) is 0. The molecule has 0 fully saturated rings.